The topological polar surface area (TPSA) is 104 Å². The first-order valence-corrected chi connectivity index (χ1v) is 6.08. The van der Waals surface area contributed by atoms with Crippen LogP contribution in [0.1, 0.15) is 17.3 Å². The predicted molar refractivity (Wildman–Crippen MR) is 58.1 cm³/mol. The number of carboxylic acid groups (broad SMARTS) is 1. The molecule has 0 atom stereocenters. The molecule has 0 saturated carbocycles. The van der Waals surface area contributed by atoms with E-state index in [1.54, 1.807) is 0 Å². The maximum absolute atomic E-state index is 11.2. The van der Waals surface area contributed by atoms with Crippen LogP contribution in [0.15, 0.2) is 18.2 Å². The zero-order valence-corrected chi connectivity index (χ0v) is 9.28. The summed E-state index contributed by atoms with van der Waals surface area (Å²) in [4.78, 5) is 10.7. The largest absolute Gasteiger partial charge is 0.505 e. The molecule has 0 aliphatic heterocycles. The second-order valence-corrected chi connectivity index (χ2v) is 5.02. The number of aromatic carboxylic acids is 1. The molecular formula is C9H11NO5S. The molecular weight excluding hydrogens is 234 g/mol. The molecule has 3 N–H and O–H groups in total. The highest BCUT2D eigenvalue weighted by molar-refractivity contribution is 7.92. The minimum Gasteiger partial charge on any atom is -0.505 e. The smallest absolute Gasteiger partial charge is 0.339 e. The van der Waals surface area contributed by atoms with Crippen LogP contribution in [0.3, 0.4) is 0 Å². The Hall–Kier alpha value is -1.76. The molecule has 7 heteroatoms. The van der Waals surface area contributed by atoms with Crippen molar-refractivity contribution in [3.8, 4) is 5.75 Å². The van der Waals surface area contributed by atoms with Crippen LogP contribution < -0.4 is 4.72 Å². The zero-order chi connectivity index (χ0) is 12.3. The van der Waals surface area contributed by atoms with Crippen molar-refractivity contribution in [2.45, 2.75) is 6.92 Å². The third-order valence-electron chi connectivity index (χ3n) is 1.91. The summed E-state index contributed by atoms with van der Waals surface area (Å²) in [5.41, 5.74) is -0.488. The van der Waals surface area contributed by atoms with E-state index in [2.05, 4.69) is 4.72 Å². The van der Waals surface area contributed by atoms with Gasteiger partial charge in [0.1, 0.15) is 5.56 Å². The van der Waals surface area contributed by atoms with E-state index in [4.69, 9.17) is 5.11 Å². The maximum atomic E-state index is 11.2. The Labute approximate surface area is 92.6 Å². The number of anilines is 1. The fraction of sp³-hybridized carbons (Fsp3) is 0.222. The number of sulfonamides is 1. The Balaban J connectivity index is 3.17. The predicted octanol–water partition coefficient (Wildman–Crippen LogP) is 0.852. The van der Waals surface area contributed by atoms with Gasteiger partial charge in [-0.2, -0.15) is 0 Å². The van der Waals surface area contributed by atoms with Gasteiger partial charge in [0.15, 0.2) is 5.75 Å². The van der Waals surface area contributed by atoms with Crippen molar-refractivity contribution in [1.29, 1.82) is 0 Å². The van der Waals surface area contributed by atoms with Crippen LogP contribution >= 0.6 is 0 Å². The van der Waals surface area contributed by atoms with E-state index in [9.17, 15) is 18.3 Å². The van der Waals surface area contributed by atoms with E-state index >= 15 is 0 Å². The third kappa shape index (κ3) is 2.63. The molecule has 0 radical (unpaired) electrons. The first-order valence-electron chi connectivity index (χ1n) is 4.43. The van der Waals surface area contributed by atoms with E-state index in [1.807, 2.05) is 0 Å². The van der Waals surface area contributed by atoms with Gasteiger partial charge in [-0.1, -0.05) is 6.07 Å². The van der Waals surface area contributed by atoms with Crippen LogP contribution in [0.25, 0.3) is 0 Å². The van der Waals surface area contributed by atoms with E-state index in [0.29, 0.717) is 0 Å². The number of phenols is 1. The Bertz CT molecular complexity index is 509. The highest BCUT2D eigenvalue weighted by Crippen LogP contribution is 2.28. The summed E-state index contributed by atoms with van der Waals surface area (Å²) in [6.07, 6.45) is 0. The monoisotopic (exact) mass is 245 g/mol. The van der Waals surface area contributed by atoms with Crippen LogP contribution in [-0.2, 0) is 10.0 Å². The molecule has 0 unspecified atom stereocenters. The molecule has 6 nitrogen and oxygen atoms in total. The maximum Gasteiger partial charge on any atom is 0.339 e. The molecule has 0 heterocycles. The van der Waals surface area contributed by atoms with Crippen molar-refractivity contribution in [2.75, 3.05) is 10.5 Å². The standard InChI is InChI=1S/C9H11NO5S/c1-2-16(14,15)10-7-5-3-4-6(8(7)11)9(12)13/h3-5,10-11H,2H2,1H3,(H,12,13). The summed E-state index contributed by atoms with van der Waals surface area (Å²) < 4.78 is 24.6. The molecule has 0 fully saturated rings. The third-order valence-corrected chi connectivity index (χ3v) is 3.20. The van der Waals surface area contributed by atoms with Crippen molar-refractivity contribution in [1.82, 2.24) is 0 Å². The lowest BCUT2D eigenvalue weighted by Gasteiger charge is -2.09. The van der Waals surface area contributed by atoms with Crippen LogP contribution in [-0.4, -0.2) is 30.4 Å². The number of rotatable bonds is 4. The average Bonchev–Trinajstić information content (AvgIpc) is 2.20. The van der Waals surface area contributed by atoms with Gasteiger partial charge in [-0.3, -0.25) is 4.72 Å². The van der Waals surface area contributed by atoms with Crippen LogP contribution in [0.4, 0.5) is 5.69 Å². The van der Waals surface area contributed by atoms with Gasteiger partial charge in [0, 0.05) is 0 Å². The van der Waals surface area contributed by atoms with Crippen LogP contribution in [0.5, 0.6) is 5.75 Å². The Morgan fingerprint density at radius 2 is 2.06 bits per heavy atom. The first-order chi connectivity index (χ1) is 7.37. The molecule has 88 valence electrons. The van der Waals surface area contributed by atoms with Gasteiger partial charge in [-0.25, -0.2) is 13.2 Å². The normalized spacial score (nSPS) is 11.1. The SMILES string of the molecule is CCS(=O)(=O)Nc1cccc(C(=O)O)c1O. The summed E-state index contributed by atoms with van der Waals surface area (Å²) in [5, 5.41) is 18.2. The lowest BCUT2D eigenvalue weighted by atomic mass is 10.2. The van der Waals surface area contributed by atoms with Crippen LogP contribution in [0, 0.1) is 0 Å². The molecule has 1 rings (SSSR count). The summed E-state index contributed by atoms with van der Waals surface area (Å²) in [7, 11) is -3.54. The van der Waals surface area contributed by atoms with Crippen molar-refractivity contribution in [2.24, 2.45) is 0 Å². The van der Waals surface area contributed by atoms with E-state index < -0.39 is 21.7 Å². The number of carboxylic acids is 1. The summed E-state index contributed by atoms with van der Waals surface area (Å²) in [6, 6.07) is 3.81. The summed E-state index contributed by atoms with van der Waals surface area (Å²) in [6.45, 7) is 1.43. The molecule has 0 saturated heterocycles. The second-order valence-electron chi connectivity index (χ2n) is 3.01. The zero-order valence-electron chi connectivity index (χ0n) is 8.47. The molecule has 1 aromatic rings. The number of benzene rings is 1. The number of hydrogen-bond acceptors (Lipinski definition) is 4. The molecule has 16 heavy (non-hydrogen) atoms. The molecule has 0 bridgehead atoms. The van der Waals surface area contributed by atoms with Gasteiger partial charge in [0.25, 0.3) is 0 Å². The molecule has 0 aliphatic rings. The highest BCUT2D eigenvalue weighted by atomic mass is 32.2. The Morgan fingerprint density at radius 1 is 1.44 bits per heavy atom. The highest BCUT2D eigenvalue weighted by Gasteiger charge is 2.16. The van der Waals surface area contributed by atoms with Crippen LogP contribution in [0.2, 0.25) is 0 Å². The number of aromatic hydroxyl groups is 1. The van der Waals surface area contributed by atoms with Gasteiger partial charge >= 0.3 is 5.97 Å². The Morgan fingerprint density at radius 3 is 2.56 bits per heavy atom. The Kier molecular flexibility index (Phi) is 3.38. The van der Waals surface area contributed by atoms with Gasteiger partial charge in [-0.15, -0.1) is 0 Å². The van der Waals surface area contributed by atoms with Crippen molar-refractivity contribution in [3.63, 3.8) is 0 Å². The van der Waals surface area contributed by atoms with E-state index in [0.717, 1.165) is 0 Å². The van der Waals surface area contributed by atoms with E-state index in [1.165, 1.54) is 25.1 Å². The fourth-order valence-electron chi connectivity index (χ4n) is 1.04. The van der Waals surface area contributed by atoms with E-state index in [-0.39, 0.29) is 17.0 Å². The average molecular weight is 245 g/mol. The number of carbonyl (C=O) groups is 1. The van der Waals surface area contributed by atoms with Crippen molar-refractivity contribution < 1.29 is 23.4 Å². The van der Waals surface area contributed by atoms with Gasteiger partial charge < -0.3 is 10.2 Å². The number of hydrogen-bond donors (Lipinski definition) is 3. The van der Waals surface area contributed by atoms with Crippen molar-refractivity contribution >= 4 is 21.7 Å². The lowest BCUT2D eigenvalue weighted by molar-refractivity contribution is 0.0694. The molecule has 0 aliphatic carbocycles. The number of nitrogens with one attached hydrogen (secondary N) is 1. The summed E-state index contributed by atoms with van der Waals surface area (Å²) >= 11 is 0. The minimum atomic E-state index is -3.54. The molecule has 0 spiro atoms. The molecule has 0 aromatic heterocycles. The minimum absolute atomic E-state index is 0.137. The fourth-order valence-corrected chi connectivity index (χ4v) is 1.68. The van der Waals surface area contributed by atoms with Crippen molar-refractivity contribution in [3.05, 3.63) is 23.8 Å². The quantitative estimate of drug-likeness (QED) is 0.682. The second kappa shape index (κ2) is 4.40. The first kappa shape index (κ1) is 12.3. The lowest BCUT2D eigenvalue weighted by Crippen LogP contribution is -2.15. The molecule has 1 aromatic carbocycles. The summed E-state index contributed by atoms with van der Waals surface area (Å²) in [5.74, 6) is -2.08. The molecule has 0 amide bonds. The van der Waals surface area contributed by atoms with Gasteiger partial charge in [-0.05, 0) is 19.1 Å². The number of para-hydroxylation sites is 1. The van der Waals surface area contributed by atoms with Gasteiger partial charge in [0.05, 0.1) is 11.4 Å². The van der Waals surface area contributed by atoms with Gasteiger partial charge in [0.2, 0.25) is 10.0 Å².